The Labute approximate surface area is 247 Å². The summed E-state index contributed by atoms with van der Waals surface area (Å²) >= 11 is 14.2. The van der Waals surface area contributed by atoms with E-state index in [0.29, 0.717) is 27.2 Å². The Kier molecular flexibility index (Phi) is 7.79. The molecule has 1 fully saturated rings. The van der Waals surface area contributed by atoms with Gasteiger partial charge in [-0.3, -0.25) is 14.9 Å². The van der Waals surface area contributed by atoms with Crippen LogP contribution < -0.4 is 19.7 Å². The second kappa shape index (κ2) is 11.3. The first-order chi connectivity index (χ1) is 18.8. The Bertz CT molecular complexity index is 1680. The smallest absolute Gasteiger partial charge is 0.335 e. The largest absolute Gasteiger partial charge is 0.493 e. The molecule has 4 aromatic carbocycles. The molecule has 0 aromatic heterocycles. The van der Waals surface area contributed by atoms with E-state index in [1.54, 1.807) is 12.1 Å². The fourth-order valence-corrected chi connectivity index (χ4v) is 5.29. The lowest BCUT2D eigenvalue weighted by atomic mass is 10.1. The van der Waals surface area contributed by atoms with Gasteiger partial charge in [0, 0.05) is 0 Å². The first-order valence-corrected chi connectivity index (χ1v) is 13.4. The number of imide groups is 2. The molecule has 0 saturated carbocycles. The van der Waals surface area contributed by atoms with E-state index in [1.807, 2.05) is 42.5 Å². The van der Waals surface area contributed by atoms with E-state index in [-0.39, 0.29) is 21.3 Å². The quantitative estimate of drug-likeness (QED) is 0.135. The molecule has 1 saturated heterocycles. The second-order valence-electron chi connectivity index (χ2n) is 8.52. The van der Waals surface area contributed by atoms with Gasteiger partial charge in [0.25, 0.3) is 11.8 Å². The number of urea groups is 1. The lowest BCUT2D eigenvalue weighted by Gasteiger charge is -2.26. The van der Waals surface area contributed by atoms with Crippen molar-refractivity contribution in [2.75, 3.05) is 12.0 Å². The van der Waals surface area contributed by atoms with Crippen molar-refractivity contribution in [3.63, 3.8) is 0 Å². The molecule has 1 aliphatic heterocycles. The predicted octanol–water partition coefficient (Wildman–Crippen LogP) is 7.01. The van der Waals surface area contributed by atoms with Gasteiger partial charge < -0.3 is 9.47 Å². The summed E-state index contributed by atoms with van der Waals surface area (Å²) in [6.07, 6.45) is 1.40. The summed E-state index contributed by atoms with van der Waals surface area (Å²) in [5.41, 5.74) is 1.47. The first kappa shape index (κ1) is 27.0. The van der Waals surface area contributed by atoms with Gasteiger partial charge in [-0.2, -0.15) is 0 Å². The van der Waals surface area contributed by atoms with Gasteiger partial charge in [-0.15, -0.1) is 0 Å². The number of barbiturate groups is 1. The van der Waals surface area contributed by atoms with Crippen molar-refractivity contribution in [1.29, 1.82) is 0 Å². The molecule has 0 atom stereocenters. The second-order valence-corrected chi connectivity index (χ2v) is 10.5. The monoisotopic (exact) mass is 672 g/mol. The van der Waals surface area contributed by atoms with Gasteiger partial charge in [-0.1, -0.05) is 65.7 Å². The Morgan fingerprint density at radius 2 is 1.72 bits per heavy atom. The number of rotatable bonds is 6. The molecule has 7 nitrogen and oxygen atoms in total. The third-order valence-corrected chi connectivity index (χ3v) is 7.62. The predicted molar refractivity (Wildman–Crippen MR) is 159 cm³/mol. The molecule has 0 aliphatic carbocycles. The van der Waals surface area contributed by atoms with Crippen LogP contribution in [0.5, 0.6) is 11.5 Å². The Morgan fingerprint density at radius 1 is 0.949 bits per heavy atom. The van der Waals surface area contributed by atoms with Crippen LogP contribution in [-0.2, 0) is 16.2 Å². The highest BCUT2D eigenvalue weighted by molar-refractivity contribution is 14.1. The minimum absolute atomic E-state index is 0.163. The van der Waals surface area contributed by atoms with E-state index >= 15 is 0 Å². The zero-order valence-corrected chi connectivity index (χ0v) is 24.0. The Balaban J connectivity index is 1.45. The van der Waals surface area contributed by atoms with Crippen LogP contribution in [0.2, 0.25) is 10.0 Å². The number of hydrogen-bond donors (Lipinski definition) is 1. The highest BCUT2D eigenvalue weighted by Crippen LogP contribution is 2.36. The van der Waals surface area contributed by atoms with Gasteiger partial charge in [-0.05, 0) is 80.9 Å². The first-order valence-electron chi connectivity index (χ1n) is 11.6. The maximum Gasteiger partial charge on any atom is 0.335 e. The SMILES string of the molecule is COc1cc(/C=C2\C(=O)NC(=O)N(c3ccc(Cl)c(Cl)c3)C2=O)cc(I)c1OCc1cccc2ccccc12. The van der Waals surface area contributed by atoms with Crippen molar-refractivity contribution in [3.8, 4) is 11.5 Å². The molecule has 4 amide bonds. The fourth-order valence-electron chi connectivity index (χ4n) is 4.21. The van der Waals surface area contributed by atoms with Crippen molar-refractivity contribution in [3.05, 3.63) is 103 Å². The van der Waals surface area contributed by atoms with Crippen LogP contribution >= 0.6 is 45.8 Å². The standard InChI is InChI=1S/C29H19Cl2IN2O5/c1-38-25-13-16(12-24(32)26(25)39-15-18-7-4-6-17-5-2-3-8-20(17)18)11-21-27(35)33-29(37)34(28(21)36)19-9-10-22(30)23(31)14-19/h2-14H,15H2,1H3,(H,33,35,37)/b21-11+. The number of carbonyl (C=O) groups is 3. The summed E-state index contributed by atoms with van der Waals surface area (Å²) < 4.78 is 12.5. The summed E-state index contributed by atoms with van der Waals surface area (Å²) in [4.78, 5) is 39.2. The Morgan fingerprint density at radius 3 is 2.49 bits per heavy atom. The number of ether oxygens (including phenoxy) is 2. The summed E-state index contributed by atoms with van der Waals surface area (Å²) in [5, 5.41) is 4.84. The van der Waals surface area contributed by atoms with Gasteiger partial charge in [-0.25, -0.2) is 9.69 Å². The molecule has 0 bridgehead atoms. The number of halogens is 3. The van der Waals surface area contributed by atoms with Gasteiger partial charge >= 0.3 is 6.03 Å². The number of nitrogens with one attached hydrogen (secondary N) is 1. The topological polar surface area (TPSA) is 84.9 Å². The number of methoxy groups -OCH3 is 1. The average molecular weight is 673 g/mol. The molecule has 1 N–H and O–H groups in total. The zero-order chi connectivity index (χ0) is 27.7. The summed E-state index contributed by atoms with van der Waals surface area (Å²) in [5.74, 6) is -0.658. The average Bonchev–Trinajstić information content (AvgIpc) is 2.92. The van der Waals surface area contributed by atoms with Crippen molar-refractivity contribution in [1.82, 2.24) is 5.32 Å². The molecule has 0 radical (unpaired) electrons. The molecule has 0 unspecified atom stereocenters. The van der Waals surface area contributed by atoms with Crippen LogP contribution in [0, 0.1) is 3.57 Å². The number of fused-ring (bicyclic) bond motifs is 1. The fraction of sp³-hybridized carbons (Fsp3) is 0.0690. The van der Waals surface area contributed by atoms with Crippen molar-refractivity contribution >= 4 is 86.2 Å². The minimum atomic E-state index is -0.884. The van der Waals surface area contributed by atoms with Gasteiger partial charge in [0.2, 0.25) is 0 Å². The van der Waals surface area contributed by atoms with Crippen LogP contribution in [0.25, 0.3) is 16.8 Å². The van der Waals surface area contributed by atoms with E-state index < -0.39 is 17.8 Å². The van der Waals surface area contributed by atoms with E-state index in [4.69, 9.17) is 32.7 Å². The van der Waals surface area contributed by atoms with Crippen LogP contribution in [0.15, 0.2) is 78.4 Å². The summed E-state index contributed by atoms with van der Waals surface area (Å²) in [6, 6.07) is 20.9. The van der Waals surface area contributed by atoms with E-state index in [9.17, 15) is 14.4 Å². The summed E-state index contributed by atoms with van der Waals surface area (Å²) in [6.45, 7) is 0.315. The van der Waals surface area contributed by atoms with Crippen LogP contribution in [0.3, 0.4) is 0 Å². The van der Waals surface area contributed by atoms with Gasteiger partial charge in [0.05, 0.1) is 26.4 Å². The molecule has 39 heavy (non-hydrogen) atoms. The van der Waals surface area contributed by atoms with E-state index in [1.165, 1.54) is 31.4 Å². The maximum atomic E-state index is 13.3. The number of benzene rings is 4. The van der Waals surface area contributed by atoms with Gasteiger partial charge in [0.15, 0.2) is 11.5 Å². The lowest BCUT2D eigenvalue weighted by Crippen LogP contribution is -2.54. The molecule has 4 aromatic rings. The van der Waals surface area contributed by atoms with Crippen LogP contribution in [0.1, 0.15) is 11.1 Å². The van der Waals surface area contributed by atoms with Crippen LogP contribution in [-0.4, -0.2) is 25.0 Å². The molecule has 196 valence electrons. The molecule has 1 aliphatic rings. The third kappa shape index (κ3) is 5.45. The number of amides is 4. The van der Waals surface area contributed by atoms with Crippen molar-refractivity contribution in [2.45, 2.75) is 6.61 Å². The van der Waals surface area contributed by atoms with Crippen LogP contribution in [0.4, 0.5) is 10.5 Å². The molecule has 10 heteroatoms. The molecular formula is C29H19Cl2IN2O5. The number of carbonyl (C=O) groups excluding carboxylic acids is 3. The van der Waals surface area contributed by atoms with Gasteiger partial charge in [0.1, 0.15) is 12.2 Å². The van der Waals surface area contributed by atoms with Crippen molar-refractivity contribution in [2.24, 2.45) is 0 Å². The molecule has 0 spiro atoms. The van der Waals surface area contributed by atoms with E-state index in [0.717, 1.165) is 21.2 Å². The highest BCUT2D eigenvalue weighted by atomic mass is 127. The molecule has 1 heterocycles. The zero-order valence-electron chi connectivity index (χ0n) is 20.3. The van der Waals surface area contributed by atoms with Crippen molar-refractivity contribution < 1.29 is 23.9 Å². The molecule has 5 rings (SSSR count). The number of anilines is 1. The third-order valence-electron chi connectivity index (χ3n) is 6.08. The normalized spacial score (nSPS) is 14.6. The Hall–Kier alpha value is -3.60. The molecular weight excluding hydrogens is 654 g/mol. The lowest BCUT2D eigenvalue weighted by molar-refractivity contribution is -0.122. The minimum Gasteiger partial charge on any atom is -0.493 e. The maximum absolute atomic E-state index is 13.3. The van der Waals surface area contributed by atoms with E-state index in [2.05, 4.69) is 27.9 Å². The number of hydrogen-bond acceptors (Lipinski definition) is 5. The summed E-state index contributed by atoms with van der Waals surface area (Å²) in [7, 11) is 1.51. The number of nitrogens with zero attached hydrogens (tertiary/aromatic N) is 1. The highest BCUT2D eigenvalue weighted by Gasteiger charge is 2.37.